The highest BCUT2D eigenvalue weighted by Gasteiger charge is 2.84. The molecule has 33 heavy (non-hydrogen) atoms. The van der Waals surface area contributed by atoms with Gasteiger partial charge in [-0.25, -0.2) is 0 Å². The molecular weight excluding hydrogens is 414 g/mol. The van der Waals surface area contributed by atoms with Crippen LogP contribution in [0.5, 0.6) is 0 Å². The van der Waals surface area contributed by atoms with Gasteiger partial charge in [-0.3, -0.25) is 4.79 Å². The quantitative estimate of drug-likeness (QED) is 0.261. The van der Waals surface area contributed by atoms with Crippen molar-refractivity contribution in [2.75, 3.05) is 0 Å². The Morgan fingerprint density at radius 2 is 2.00 bits per heavy atom. The first-order valence-electron chi connectivity index (χ1n) is 12.4. The fourth-order valence-electron chi connectivity index (χ4n) is 8.50. The summed E-state index contributed by atoms with van der Waals surface area (Å²) in [4.78, 5) is 32.1. The number of aldehydes is 1. The molecule has 0 amide bonds. The number of carbonyl (C=O) groups excluding carboxylic acids is 1. The number of benzene rings is 1. The molecule has 1 aromatic carbocycles. The van der Waals surface area contributed by atoms with Gasteiger partial charge in [-0.2, -0.15) is 0 Å². The topological polar surface area (TPSA) is 76.0 Å². The van der Waals surface area contributed by atoms with Gasteiger partial charge >= 0.3 is 5.97 Å². The molecule has 0 saturated heterocycles. The van der Waals surface area contributed by atoms with Crippen LogP contribution in [0, 0.1) is 52.8 Å². The second-order valence-electron chi connectivity index (χ2n) is 11.3. The first-order valence-corrected chi connectivity index (χ1v) is 12.4. The minimum absolute atomic E-state index is 0.000175. The smallest absolute Gasteiger partial charge is 0.315 e. The predicted molar refractivity (Wildman–Crippen MR) is 126 cm³/mol. The van der Waals surface area contributed by atoms with E-state index in [9.17, 15) is 14.7 Å². The molecule has 3 saturated carbocycles. The highest BCUT2D eigenvalue weighted by atomic mass is 16.6. The number of carboxylic acids is 1. The standard InChI is InChI=1S/C28H35NO4/c1-17(2)24-11-21-12-27(16-30)23-10-9-19(4)22(23)13-26(21,28(24,27)25(31)32)15-29-33-14-20-8-6-5-7-18(20)3/h5-8,11,15-17,19,21-23H,9-10,12-14H2,1-4H3,(H,31,32)/b29-15+/t19-,21?,22-,23-,26?,27?,28-/m1/s1. The number of fused-ring (bicyclic) bond motifs is 2. The lowest BCUT2D eigenvalue weighted by Gasteiger charge is -2.57. The Hall–Kier alpha value is -2.43. The summed E-state index contributed by atoms with van der Waals surface area (Å²) in [7, 11) is 0. The van der Waals surface area contributed by atoms with E-state index in [4.69, 9.17) is 4.84 Å². The van der Waals surface area contributed by atoms with E-state index >= 15 is 0 Å². The number of allylic oxidation sites excluding steroid dienone is 1. The van der Waals surface area contributed by atoms with Crippen LogP contribution in [-0.2, 0) is 21.0 Å². The molecule has 4 aliphatic rings. The van der Waals surface area contributed by atoms with Crippen LogP contribution < -0.4 is 0 Å². The highest BCUT2D eigenvalue weighted by molar-refractivity contribution is 5.96. The van der Waals surface area contributed by atoms with E-state index in [-0.39, 0.29) is 17.8 Å². The average Bonchev–Trinajstić information content (AvgIpc) is 3.35. The Bertz CT molecular complexity index is 1040. The monoisotopic (exact) mass is 449 g/mol. The summed E-state index contributed by atoms with van der Waals surface area (Å²) >= 11 is 0. The van der Waals surface area contributed by atoms with Crippen LogP contribution in [0.1, 0.15) is 57.6 Å². The Morgan fingerprint density at radius 1 is 1.24 bits per heavy atom. The molecule has 0 heterocycles. The second-order valence-corrected chi connectivity index (χ2v) is 11.3. The van der Waals surface area contributed by atoms with Crippen molar-refractivity contribution < 1.29 is 19.5 Å². The van der Waals surface area contributed by atoms with Crippen molar-refractivity contribution in [1.82, 2.24) is 0 Å². The number of aliphatic carboxylic acids is 1. The summed E-state index contributed by atoms with van der Waals surface area (Å²) in [5.41, 5.74) is 0.296. The Balaban J connectivity index is 1.59. The summed E-state index contributed by atoms with van der Waals surface area (Å²) in [5.74, 6) is 0.152. The number of carbonyl (C=O) groups is 2. The molecule has 176 valence electrons. The van der Waals surface area contributed by atoms with Gasteiger partial charge in [-0.15, -0.1) is 0 Å². The molecule has 1 aromatic rings. The number of hydrogen-bond donors (Lipinski definition) is 1. The maximum absolute atomic E-state index is 13.3. The van der Waals surface area contributed by atoms with E-state index in [1.807, 2.05) is 37.4 Å². The number of carboxylic acid groups (broad SMARTS) is 1. The molecule has 0 aliphatic heterocycles. The molecule has 4 aliphatic carbocycles. The van der Waals surface area contributed by atoms with Crippen LogP contribution in [0.15, 0.2) is 41.1 Å². The van der Waals surface area contributed by atoms with Gasteiger partial charge < -0.3 is 14.7 Å². The molecule has 0 spiro atoms. The molecule has 7 atom stereocenters. The number of nitrogens with zero attached hydrogens (tertiary/aromatic N) is 1. The summed E-state index contributed by atoms with van der Waals surface area (Å²) < 4.78 is 0. The van der Waals surface area contributed by atoms with Crippen LogP contribution in [-0.4, -0.2) is 23.6 Å². The minimum Gasteiger partial charge on any atom is -0.481 e. The van der Waals surface area contributed by atoms with Gasteiger partial charge in [0.25, 0.3) is 0 Å². The second kappa shape index (κ2) is 7.54. The average molecular weight is 450 g/mol. The van der Waals surface area contributed by atoms with E-state index in [0.29, 0.717) is 24.9 Å². The lowest BCUT2D eigenvalue weighted by Crippen LogP contribution is -2.63. The van der Waals surface area contributed by atoms with Crippen molar-refractivity contribution in [2.45, 2.75) is 60.0 Å². The number of aryl methyl sites for hydroxylation is 1. The summed E-state index contributed by atoms with van der Waals surface area (Å²) in [6, 6.07) is 8.03. The molecule has 5 rings (SSSR count). The van der Waals surface area contributed by atoms with Gasteiger partial charge in [0.2, 0.25) is 0 Å². The number of rotatable bonds is 7. The van der Waals surface area contributed by atoms with Gasteiger partial charge in [0.15, 0.2) is 0 Å². The lowest BCUT2D eigenvalue weighted by molar-refractivity contribution is -0.173. The maximum atomic E-state index is 13.3. The van der Waals surface area contributed by atoms with Gasteiger partial charge in [0.05, 0.1) is 11.6 Å². The Labute approximate surface area is 196 Å². The minimum atomic E-state index is -1.23. The Kier molecular flexibility index (Phi) is 5.11. The predicted octanol–water partition coefficient (Wildman–Crippen LogP) is 5.42. The highest BCUT2D eigenvalue weighted by Crippen LogP contribution is 2.82. The molecule has 5 nitrogen and oxygen atoms in total. The van der Waals surface area contributed by atoms with Crippen molar-refractivity contribution in [2.24, 2.45) is 51.0 Å². The Morgan fingerprint density at radius 3 is 2.67 bits per heavy atom. The van der Waals surface area contributed by atoms with Crippen LogP contribution >= 0.6 is 0 Å². The lowest BCUT2D eigenvalue weighted by atomic mass is 9.43. The van der Waals surface area contributed by atoms with Crippen molar-refractivity contribution in [3.05, 3.63) is 47.0 Å². The van der Waals surface area contributed by atoms with E-state index in [1.165, 1.54) is 0 Å². The van der Waals surface area contributed by atoms with Crippen LogP contribution in [0.2, 0.25) is 0 Å². The van der Waals surface area contributed by atoms with E-state index < -0.39 is 22.2 Å². The molecule has 5 heteroatoms. The zero-order chi connectivity index (χ0) is 23.6. The fraction of sp³-hybridized carbons (Fsp3) is 0.607. The van der Waals surface area contributed by atoms with Crippen molar-refractivity contribution in [3.8, 4) is 0 Å². The molecule has 3 unspecified atom stereocenters. The van der Waals surface area contributed by atoms with E-state index in [2.05, 4.69) is 32.0 Å². The number of oxime groups is 1. The largest absolute Gasteiger partial charge is 0.481 e. The fourth-order valence-corrected chi connectivity index (χ4v) is 8.50. The van der Waals surface area contributed by atoms with Gasteiger partial charge in [0, 0.05) is 5.41 Å². The zero-order valence-corrected chi connectivity index (χ0v) is 20.1. The molecule has 0 aromatic heterocycles. The van der Waals surface area contributed by atoms with Crippen LogP contribution in [0.25, 0.3) is 0 Å². The number of hydrogen-bond acceptors (Lipinski definition) is 4. The maximum Gasteiger partial charge on any atom is 0.315 e. The molecule has 3 fully saturated rings. The van der Waals surface area contributed by atoms with Crippen molar-refractivity contribution in [1.29, 1.82) is 0 Å². The van der Waals surface area contributed by atoms with Gasteiger partial charge in [-0.05, 0) is 66.9 Å². The molecule has 4 bridgehead atoms. The molecular formula is C28H35NO4. The third-order valence-electron chi connectivity index (χ3n) is 9.84. The van der Waals surface area contributed by atoms with Gasteiger partial charge in [0.1, 0.15) is 18.3 Å². The van der Waals surface area contributed by atoms with Crippen LogP contribution in [0.3, 0.4) is 0 Å². The van der Waals surface area contributed by atoms with Crippen molar-refractivity contribution in [3.63, 3.8) is 0 Å². The summed E-state index contributed by atoms with van der Waals surface area (Å²) in [6.45, 7) is 8.76. The first kappa shape index (κ1) is 22.4. The van der Waals surface area contributed by atoms with Crippen molar-refractivity contribution >= 4 is 18.5 Å². The normalized spacial score (nSPS) is 40.8. The van der Waals surface area contributed by atoms with E-state index in [0.717, 1.165) is 42.2 Å². The molecule has 1 N–H and O–H groups in total. The molecule has 0 radical (unpaired) electrons. The van der Waals surface area contributed by atoms with Gasteiger partial charge in [-0.1, -0.05) is 68.3 Å². The third-order valence-corrected chi connectivity index (χ3v) is 9.84. The summed E-state index contributed by atoms with van der Waals surface area (Å²) in [5, 5.41) is 15.4. The summed E-state index contributed by atoms with van der Waals surface area (Å²) in [6.07, 6.45) is 8.40. The SMILES string of the molecule is Cc1ccccc1CO/N=C/C12C[C@@H]3[C@H](C)CC[C@H]3C3(C=O)CC1C=C(C(C)C)[C@@]23C(=O)O. The van der Waals surface area contributed by atoms with Crippen LogP contribution in [0.4, 0.5) is 0 Å². The zero-order valence-electron chi connectivity index (χ0n) is 20.1. The van der Waals surface area contributed by atoms with E-state index in [1.54, 1.807) is 0 Å². The first-order chi connectivity index (χ1) is 15.7. The third kappa shape index (κ3) is 2.62.